The van der Waals surface area contributed by atoms with Gasteiger partial charge in [0.05, 0.1) is 10.6 Å². The van der Waals surface area contributed by atoms with Gasteiger partial charge in [0.15, 0.2) is 0 Å². The second-order valence-electron chi connectivity index (χ2n) is 3.46. The van der Waals surface area contributed by atoms with Crippen LogP contribution in [0.3, 0.4) is 0 Å². The molecule has 1 aromatic heterocycles. The molecule has 0 spiro atoms. The summed E-state index contributed by atoms with van der Waals surface area (Å²) in [4.78, 5) is 13.5. The van der Waals surface area contributed by atoms with E-state index in [1.807, 2.05) is 13.0 Å². The van der Waals surface area contributed by atoms with Crippen molar-refractivity contribution in [2.45, 2.75) is 6.92 Å². The van der Waals surface area contributed by atoms with Gasteiger partial charge in [-0.3, -0.25) is 4.79 Å². The van der Waals surface area contributed by atoms with E-state index in [0.717, 1.165) is 4.88 Å². The number of anilines is 1. The summed E-state index contributed by atoms with van der Waals surface area (Å²) < 4.78 is 14.0. The van der Waals surface area contributed by atoms with E-state index in [1.54, 1.807) is 18.2 Å². The van der Waals surface area contributed by atoms with E-state index < -0.39 is 5.82 Å². The molecular weight excluding hydrogens is 305 g/mol. The lowest BCUT2D eigenvalue weighted by atomic mass is 10.3. The molecule has 0 fully saturated rings. The minimum Gasteiger partial charge on any atom is -0.318 e. The molecule has 2 rings (SSSR count). The molecule has 0 saturated carbocycles. The predicted molar refractivity (Wildman–Crippen MR) is 71.1 cm³/mol. The van der Waals surface area contributed by atoms with Gasteiger partial charge in [-0.15, -0.1) is 11.3 Å². The number of thiophene rings is 1. The maximum atomic E-state index is 13.5. The Morgan fingerprint density at radius 1 is 1.35 bits per heavy atom. The van der Waals surface area contributed by atoms with Crippen LogP contribution in [0.4, 0.5) is 10.1 Å². The molecule has 1 amide bonds. The van der Waals surface area contributed by atoms with E-state index >= 15 is 0 Å². The van der Waals surface area contributed by atoms with Crippen LogP contribution >= 0.6 is 27.3 Å². The van der Waals surface area contributed by atoms with Crippen LogP contribution in [0.5, 0.6) is 0 Å². The van der Waals surface area contributed by atoms with Crippen LogP contribution < -0.4 is 5.32 Å². The summed E-state index contributed by atoms with van der Waals surface area (Å²) >= 11 is 4.58. The van der Waals surface area contributed by atoms with Crippen molar-refractivity contribution in [3.8, 4) is 0 Å². The zero-order chi connectivity index (χ0) is 12.4. The first-order valence-corrected chi connectivity index (χ1v) is 6.50. The van der Waals surface area contributed by atoms with Crippen LogP contribution in [-0.4, -0.2) is 5.91 Å². The normalized spacial score (nSPS) is 10.3. The standard InChI is InChI=1S/C12H9BrFNOS/c1-7-5-6-10(17-7)12(16)15-11-8(13)3-2-4-9(11)14/h2-6H,1H3,(H,15,16). The maximum absolute atomic E-state index is 13.5. The van der Waals surface area contributed by atoms with Crippen LogP contribution in [0.25, 0.3) is 0 Å². The van der Waals surface area contributed by atoms with E-state index in [9.17, 15) is 9.18 Å². The highest BCUT2D eigenvalue weighted by atomic mass is 79.9. The molecule has 2 nitrogen and oxygen atoms in total. The fraction of sp³-hybridized carbons (Fsp3) is 0.0833. The molecule has 1 heterocycles. The van der Waals surface area contributed by atoms with Gasteiger partial charge < -0.3 is 5.32 Å². The van der Waals surface area contributed by atoms with Crippen molar-refractivity contribution in [2.24, 2.45) is 0 Å². The molecule has 0 aliphatic rings. The van der Waals surface area contributed by atoms with Crippen LogP contribution in [0.1, 0.15) is 14.5 Å². The summed E-state index contributed by atoms with van der Waals surface area (Å²) in [5.74, 6) is -0.755. The molecule has 0 atom stereocenters. The third-order valence-corrected chi connectivity index (χ3v) is 3.83. The second kappa shape index (κ2) is 4.98. The van der Waals surface area contributed by atoms with Gasteiger partial charge in [0.1, 0.15) is 5.82 Å². The minimum atomic E-state index is -0.457. The van der Waals surface area contributed by atoms with Crippen LogP contribution in [-0.2, 0) is 0 Å². The largest absolute Gasteiger partial charge is 0.318 e. The van der Waals surface area contributed by atoms with E-state index in [1.165, 1.54) is 17.4 Å². The van der Waals surface area contributed by atoms with Crippen LogP contribution in [0.15, 0.2) is 34.8 Å². The summed E-state index contributed by atoms with van der Waals surface area (Å²) in [6.45, 7) is 1.92. The lowest BCUT2D eigenvalue weighted by molar-refractivity contribution is 0.103. The van der Waals surface area contributed by atoms with Crippen molar-refractivity contribution in [2.75, 3.05) is 5.32 Å². The SMILES string of the molecule is Cc1ccc(C(=O)Nc2c(F)cccc2Br)s1. The monoisotopic (exact) mass is 313 g/mol. The first-order valence-electron chi connectivity index (χ1n) is 4.90. The lowest BCUT2D eigenvalue weighted by Crippen LogP contribution is -2.11. The molecule has 88 valence electrons. The topological polar surface area (TPSA) is 29.1 Å². The van der Waals surface area contributed by atoms with Crippen molar-refractivity contribution < 1.29 is 9.18 Å². The number of amides is 1. The summed E-state index contributed by atoms with van der Waals surface area (Å²) in [6.07, 6.45) is 0. The summed E-state index contributed by atoms with van der Waals surface area (Å²) in [7, 11) is 0. The van der Waals surface area contributed by atoms with Gasteiger partial charge in [-0.2, -0.15) is 0 Å². The Morgan fingerprint density at radius 2 is 2.12 bits per heavy atom. The van der Waals surface area contributed by atoms with Gasteiger partial charge in [-0.05, 0) is 47.1 Å². The van der Waals surface area contributed by atoms with Crippen molar-refractivity contribution in [3.63, 3.8) is 0 Å². The minimum absolute atomic E-state index is 0.170. The number of carbonyl (C=O) groups is 1. The second-order valence-corrected chi connectivity index (χ2v) is 5.60. The number of hydrogen-bond donors (Lipinski definition) is 1. The Balaban J connectivity index is 2.24. The summed E-state index contributed by atoms with van der Waals surface area (Å²) in [5, 5.41) is 2.56. The average Bonchev–Trinajstić information content (AvgIpc) is 2.70. The highest BCUT2D eigenvalue weighted by Crippen LogP contribution is 2.26. The number of hydrogen-bond acceptors (Lipinski definition) is 2. The molecule has 17 heavy (non-hydrogen) atoms. The zero-order valence-electron chi connectivity index (χ0n) is 8.96. The molecule has 0 aliphatic heterocycles. The van der Waals surface area contributed by atoms with Gasteiger partial charge >= 0.3 is 0 Å². The molecule has 2 aromatic rings. The molecule has 0 unspecified atom stereocenters. The van der Waals surface area contributed by atoms with Gasteiger partial charge in [0, 0.05) is 9.35 Å². The molecule has 1 N–H and O–H groups in total. The fourth-order valence-electron chi connectivity index (χ4n) is 1.35. The van der Waals surface area contributed by atoms with Crippen LogP contribution in [0.2, 0.25) is 0 Å². The number of rotatable bonds is 2. The first kappa shape index (κ1) is 12.3. The Hall–Kier alpha value is -1.20. The van der Waals surface area contributed by atoms with Gasteiger partial charge in [0.2, 0.25) is 0 Å². The highest BCUT2D eigenvalue weighted by Gasteiger charge is 2.13. The zero-order valence-corrected chi connectivity index (χ0v) is 11.4. The molecule has 0 aliphatic carbocycles. The van der Waals surface area contributed by atoms with Crippen molar-refractivity contribution >= 4 is 38.9 Å². The van der Waals surface area contributed by atoms with E-state index in [4.69, 9.17) is 0 Å². The number of halogens is 2. The number of para-hydroxylation sites is 1. The third-order valence-electron chi connectivity index (χ3n) is 2.17. The number of benzene rings is 1. The quantitative estimate of drug-likeness (QED) is 0.884. The number of nitrogens with one attached hydrogen (secondary N) is 1. The van der Waals surface area contributed by atoms with Crippen molar-refractivity contribution in [3.05, 3.63) is 50.4 Å². The van der Waals surface area contributed by atoms with Gasteiger partial charge in [-0.1, -0.05) is 6.07 Å². The maximum Gasteiger partial charge on any atom is 0.265 e. The fourth-order valence-corrected chi connectivity index (χ4v) is 2.55. The lowest BCUT2D eigenvalue weighted by Gasteiger charge is -2.06. The molecule has 0 bridgehead atoms. The Labute approximate surface area is 111 Å². The third kappa shape index (κ3) is 2.73. The number of aryl methyl sites for hydroxylation is 1. The number of carbonyl (C=O) groups excluding carboxylic acids is 1. The summed E-state index contributed by atoms with van der Waals surface area (Å²) in [6, 6.07) is 8.14. The molecular formula is C12H9BrFNOS. The first-order chi connectivity index (χ1) is 8.08. The Bertz CT molecular complexity index is 547. The molecule has 1 aromatic carbocycles. The Morgan fingerprint density at radius 3 is 2.71 bits per heavy atom. The summed E-state index contributed by atoms with van der Waals surface area (Å²) in [5.41, 5.74) is 0.170. The van der Waals surface area contributed by atoms with Gasteiger partial charge in [0.25, 0.3) is 5.91 Å². The smallest absolute Gasteiger partial charge is 0.265 e. The van der Waals surface area contributed by atoms with E-state index in [0.29, 0.717) is 9.35 Å². The molecule has 0 radical (unpaired) electrons. The molecule has 0 saturated heterocycles. The predicted octanol–water partition coefficient (Wildman–Crippen LogP) is 4.21. The average molecular weight is 314 g/mol. The van der Waals surface area contributed by atoms with E-state index in [2.05, 4.69) is 21.2 Å². The van der Waals surface area contributed by atoms with Crippen molar-refractivity contribution in [1.29, 1.82) is 0 Å². The van der Waals surface area contributed by atoms with Crippen molar-refractivity contribution in [1.82, 2.24) is 0 Å². The van der Waals surface area contributed by atoms with Gasteiger partial charge in [-0.25, -0.2) is 4.39 Å². The molecule has 5 heteroatoms. The Kier molecular flexibility index (Phi) is 3.59. The van der Waals surface area contributed by atoms with Crippen LogP contribution in [0, 0.1) is 12.7 Å². The highest BCUT2D eigenvalue weighted by molar-refractivity contribution is 9.10. The van der Waals surface area contributed by atoms with E-state index in [-0.39, 0.29) is 11.6 Å².